The minimum Gasteiger partial charge on any atom is -0.467 e. The van der Waals surface area contributed by atoms with Crippen molar-refractivity contribution < 1.29 is 14.3 Å². The summed E-state index contributed by atoms with van der Waals surface area (Å²) in [6.07, 6.45) is 0. The Hall–Kier alpha value is -2.82. The largest absolute Gasteiger partial charge is 0.467 e. The van der Waals surface area contributed by atoms with E-state index < -0.39 is 12.0 Å². The zero-order valence-corrected chi connectivity index (χ0v) is 14.1. The van der Waals surface area contributed by atoms with Gasteiger partial charge in [0.15, 0.2) is 0 Å². The van der Waals surface area contributed by atoms with Crippen LogP contribution in [-0.2, 0) is 9.53 Å². The Labute approximate surface area is 141 Å². The third kappa shape index (κ3) is 4.13. The molecule has 0 heterocycles. The average Bonchev–Trinajstić information content (AvgIpc) is 2.59. The molecule has 0 spiro atoms. The molecule has 0 radical (unpaired) electrons. The highest BCUT2D eigenvalue weighted by atomic mass is 16.5. The number of carbonyl (C=O) groups is 2. The Balaban J connectivity index is 2.13. The zero-order chi connectivity index (χ0) is 17.7. The average molecular weight is 326 g/mol. The Kier molecular flexibility index (Phi) is 5.58. The number of nitrogens with two attached hydrogens (primary N) is 1. The fourth-order valence-electron chi connectivity index (χ4n) is 2.34. The number of anilines is 1. The van der Waals surface area contributed by atoms with Crippen LogP contribution in [0.2, 0.25) is 0 Å². The monoisotopic (exact) mass is 326 g/mol. The number of carbonyl (C=O) groups excluding carboxylic acids is 2. The summed E-state index contributed by atoms with van der Waals surface area (Å²) in [4.78, 5) is 24.1. The maximum atomic E-state index is 12.3. The summed E-state index contributed by atoms with van der Waals surface area (Å²) in [5, 5.41) is 2.72. The minimum absolute atomic E-state index is 0.0598. The lowest BCUT2D eigenvalue weighted by Gasteiger charge is -2.19. The first kappa shape index (κ1) is 17.5. The van der Waals surface area contributed by atoms with E-state index in [1.165, 1.54) is 7.11 Å². The molecule has 0 fully saturated rings. The van der Waals surface area contributed by atoms with Crippen LogP contribution >= 0.6 is 0 Å². The maximum absolute atomic E-state index is 12.3. The first-order valence-corrected chi connectivity index (χ1v) is 7.77. The SMILES string of the molecule is COC(=O)[C@H](NC(=O)c1ccc(-c2ccc(N)cc2)cc1)C(C)C. The normalized spacial score (nSPS) is 11.8. The van der Waals surface area contributed by atoms with Gasteiger partial charge in [0.2, 0.25) is 0 Å². The number of nitrogens with one attached hydrogen (secondary N) is 1. The maximum Gasteiger partial charge on any atom is 0.328 e. The van der Waals surface area contributed by atoms with Crippen LogP contribution in [0.25, 0.3) is 11.1 Å². The van der Waals surface area contributed by atoms with E-state index in [0.717, 1.165) is 11.1 Å². The number of esters is 1. The summed E-state index contributed by atoms with van der Waals surface area (Å²) >= 11 is 0. The van der Waals surface area contributed by atoms with Crippen LogP contribution in [0.5, 0.6) is 0 Å². The molecule has 1 atom stereocenters. The van der Waals surface area contributed by atoms with Gasteiger partial charge in [-0.3, -0.25) is 4.79 Å². The molecule has 2 aromatic carbocycles. The second-order valence-corrected chi connectivity index (χ2v) is 5.92. The fraction of sp³-hybridized carbons (Fsp3) is 0.263. The molecule has 24 heavy (non-hydrogen) atoms. The van der Waals surface area contributed by atoms with Gasteiger partial charge in [-0.05, 0) is 41.3 Å². The van der Waals surface area contributed by atoms with Crippen LogP contribution in [0.15, 0.2) is 48.5 Å². The summed E-state index contributed by atoms with van der Waals surface area (Å²) in [6.45, 7) is 3.71. The van der Waals surface area contributed by atoms with Gasteiger partial charge in [0, 0.05) is 11.3 Å². The van der Waals surface area contributed by atoms with Gasteiger partial charge in [0.25, 0.3) is 5.91 Å². The Bertz CT molecular complexity index is 706. The lowest BCUT2D eigenvalue weighted by atomic mass is 10.0. The van der Waals surface area contributed by atoms with Gasteiger partial charge in [0.05, 0.1) is 7.11 Å². The molecule has 0 aliphatic rings. The zero-order valence-electron chi connectivity index (χ0n) is 14.1. The smallest absolute Gasteiger partial charge is 0.328 e. The Morgan fingerprint density at radius 3 is 1.92 bits per heavy atom. The number of benzene rings is 2. The van der Waals surface area contributed by atoms with Gasteiger partial charge in [-0.2, -0.15) is 0 Å². The molecule has 2 aromatic rings. The lowest BCUT2D eigenvalue weighted by molar-refractivity contribution is -0.144. The third-order valence-electron chi connectivity index (χ3n) is 3.80. The highest BCUT2D eigenvalue weighted by molar-refractivity contribution is 5.97. The van der Waals surface area contributed by atoms with Gasteiger partial charge in [0.1, 0.15) is 6.04 Å². The number of methoxy groups -OCH3 is 1. The van der Waals surface area contributed by atoms with Gasteiger partial charge in [-0.15, -0.1) is 0 Å². The predicted octanol–water partition coefficient (Wildman–Crippen LogP) is 2.86. The van der Waals surface area contributed by atoms with Crippen LogP contribution in [0.4, 0.5) is 5.69 Å². The van der Waals surface area contributed by atoms with Crippen molar-refractivity contribution in [1.82, 2.24) is 5.32 Å². The van der Waals surface area contributed by atoms with E-state index >= 15 is 0 Å². The molecule has 0 saturated carbocycles. The number of ether oxygens (including phenoxy) is 1. The number of hydrogen-bond donors (Lipinski definition) is 2. The van der Waals surface area contributed by atoms with Crippen LogP contribution in [-0.4, -0.2) is 25.0 Å². The van der Waals surface area contributed by atoms with E-state index in [0.29, 0.717) is 11.3 Å². The minimum atomic E-state index is -0.667. The van der Waals surface area contributed by atoms with Crippen molar-refractivity contribution in [2.75, 3.05) is 12.8 Å². The molecular weight excluding hydrogens is 304 g/mol. The first-order chi connectivity index (χ1) is 11.4. The van der Waals surface area contributed by atoms with Crippen molar-refractivity contribution >= 4 is 17.6 Å². The van der Waals surface area contributed by atoms with E-state index in [9.17, 15) is 9.59 Å². The van der Waals surface area contributed by atoms with E-state index in [-0.39, 0.29) is 11.8 Å². The second-order valence-electron chi connectivity index (χ2n) is 5.92. The molecule has 0 saturated heterocycles. The van der Waals surface area contributed by atoms with E-state index in [1.54, 1.807) is 12.1 Å². The summed E-state index contributed by atoms with van der Waals surface area (Å²) in [7, 11) is 1.31. The van der Waals surface area contributed by atoms with E-state index in [2.05, 4.69) is 5.32 Å². The number of rotatable bonds is 5. The van der Waals surface area contributed by atoms with Gasteiger partial charge in [-0.1, -0.05) is 38.1 Å². The van der Waals surface area contributed by atoms with Gasteiger partial charge < -0.3 is 15.8 Å². The quantitative estimate of drug-likeness (QED) is 0.654. The number of amides is 1. The van der Waals surface area contributed by atoms with Crippen LogP contribution in [0, 0.1) is 5.92 Å². The predicted molar refractivity (Wildman–Crippen MR) is 94.4 cm³/mol. The standard InChI is InChI=1S/C19H22N2O3/c1-12(2)17(19(23)24-3)21-18(22)15-6-4-13(5-7-15)14-8-10-16(20)11-9-14/h4-12,17H,20H2,1-3H3,(H,21,22)/t17-/m1/s1. The molecule has 3 N–H and O–H groups in total. The van der Waals surface area contributed by atoms with E-state index in [1.807, 2.05) is 50.2 Å². The van der Waals surface area contributed by atoms with Gasteiger partial charge >= 0.3 is 5.97 Å². The lowest BCUT2D eigenvalue weighted by Crippen LogP contribution is -2.45. The highest BCUT2D eigenvalue weighted by Gasteiger charge is 2.25. The molecule has 1 amide bonds. The van der Waals surface area contributed by atoms with Crippen molar-refractivity contribution in [2.24, 2.45) is 5.92 Å². The first-order valence-electron chi connectivity index (χ1n) is 7.77. The van der Waals surface area contributed by atoms with Crippen LogP contribution in [0.1, 0.15) is 24.2 Å². The fourth-order valence-corrected chi connectivity index (χ4v) is 2.34. The Morgan fingerprint density at radius 2 is 1.46 bits per heavy atom. The topological polar surface area (TPSA) is 81.4 Å². The molecular formula is C19H22N2O3. The molecule has 126 valence electrons. The molecule has 2 rings (SSSR count). The van der Waals surface area contributed by atoms with Crippen molar-refractivity contribution in [1.29, 1.82) is 0 Å². The van der Waals surface area contributed by atoms with Crippen LogP contribution < -0.4 is 11.1 Å². The molecule has 5 nitrogen and oxygen atoms in total. The molecule has 0 unspecified atom stereocenters. The summed E-state index contributed by atoms with van der Waals surface area (Å²) < 4.78 is 4.73. The summed E-state index contributed by atoms with van der Waals surface area (Å²) in [5.74, 6) is -0.810. The Morgan fingerprint density at radius 1 is 0.958 bits per heavy atom. The summed E-state index contributed by atoms with van der Waals surface area (Å²) in [6, 6.07) is 14.0. The summed E-state index contributed by atoms with van der Waals surface area (Å²) in [5.41, 5.74) is 8.89. The molecule has 0 bridgehead atoms. The highest BCUT2D eigenvalue weighted by Crippen LogP contribution is 2.21. The van der Waals surface area contributed by atoms with Crippen molar-refractivity contribution in [2.45, 2.75) is 19.9 Å². The number of nitrogen functional groups attached to an aromatic ring is 1. The van der Waals surface area contributed by atoms with Crippen molar-refractivity contribution in [3.63, 3.8) is 0 Å². The van der Waals surface area contributed by atoms with Crippen LogP contribution in [0.3, 0.4) is 0 Å². The molecule has 5 heteroatoms. The second kappa shape index (κ2) is 7.64. The molecule has 0 aromatic heterocycles. The molecule has 0 aliphatic carbocycles. The van der Waals surface area contributed by atoms with Crippen molar-refractivity contribution in [3.8, 4) is 11.1 Å². The van der Waals surface area contributed by atoms with E-state index in [4.69, 9.17) is 10.5 Å². The molecule has 0 aliphatic heterocycles. The van der Waals surface area contributed by atoms with Gasteiger partial charge in [-0.25, -0.2) is 4.79 Å². The van der Waals surface area contributed by atoms with Crippen molar-refractivity contribution in [3.05, 3.63) is 54.1 Å². The number of hydrogen-bond acceptors (Lipinski definition) is 4. The third-order valence-corrected chi connectivity index (χ3v) is 3.80.